The third-order valence-corrected chi connectivity index (χ3v) is 1.14. The lowest BCUT2D eigenvalue weighted by molar-refractivity contribution is 1.26. The van der Waals surface area contributed by atoms with Gasteiger partial charge in [-0.15, -0.1) is 0 Å². The van der Waals surface area contributed by atoms with Crippen LogP contribution in [-0.4, -0.2) is 4.98 Å². The molecule has 0 aliphatic heterocycles. The summed E-state index contributed by atoms with van der Waals surface area (Å²) in [5.74, 6) is 4.97. The maximum atomic E-state index is 8.15. The topological polar surface area (TPSA) is 36.7 Å². The Kier molecular flexibility index (Phi) is 2.25. The summed E-state index contributed by atoms with van der Waals surface area (Å²) in [6.07, 6.45) is 3.38. The Morgan fingerprint density at radius 1 is 1.45 bits per heavy atom. The zero-order valence-electron chi connectivity index (χ0n) is 6.13. The molecule has 1 aromatic rings. The monoisotopic (exact) mass is 142 g/mol. The van der Waals surface area contributed by atoms with Crippen LogP contribution in [0.3, 0.4) is 0 Å². The van der Waals surface area contributed by atoms with Crippen LogP contribution < -0.4 is 0 Å². The zero-order chi connectivity index (χ0) is 8.10. The van der Waals surface area contributed by atoms with Gasteiger partial charge in [-0.05, 0) is 24.5 Å². The molecule has 0 radical (unpaired) electrons. The van der Waals surface area contributed by atoms with Crippen molar-refractivity contribution in [2.75, 3.05) is 0 Å². The largest absolute Gasteiger partial charge is 0.263 e. The Morgan fingerprint density at radius 3 is 2.91 bits per heavy atom. The van der Waals surface area contributed by atoms with E-state index in [0.29, 0.717) is 0 Å². The quantitative estimate of drug-likeness (QED) is 0.511. The summed E-state index contributed by atoms with van der Waals surface area (Å²) in [5, 5.41) is 8.15. The van der Waals surface area contributed by atoms with E-state index in [9.17, 15) is 0 Å². The minimum absolute atomic E-state index is 0.784. The predicted molar refractivity (Wildman–Crippen MR) is 41.5 cm³/mol. The normalized spacial score (nSPS) is 7.64. The fourth-order valence-corrected chi connectivity index (χ4v) is 0.723. The molecule has 52 valence electrons. The van der Waals surface area contributed by atoms with Crippen LogP contribution in [0.2, 0.25) is 0 Å². The molecule has 0 spiro atoms. The molecule has 0 fully saturated rings. The van der Waals surface area contributed by atoms with Crippen LogP contribution in [0.15, 0.2) is 18.5 Å². The van der Waals surface area contributed by atoms with Crippen LogP contribution in [0.5, 0.6) is 0 Å². The van der Waals surface area contributed by atoms with E-state index in [1.165, 1.54) is 0 Å². The number of hydrogen-bond donors (Lipinski definition) is 0. The average molecular weight is 142 g/mol. The number of aromatic nitrogens is 1. The van der Waals surface area contributed by atoms with E-state index in [1.54, 1.807) is 18.5 Å². The van der Waals surface area contributed by atoms with Gasteiger partial charge in [0.2, 0.25) is 0 Å². The van der Waals surface area contributed by atoms with Crippen LogP contribution in [0.25, 0.3) is 0 Å². The van der Waals surface area contributed by atoms with Gasteiger partial charge in [-0.25, -0.2) is 0 Å². The summed E-state index contributed by atoms with van der Waals surface area (Å²) in [6.45, 7) is 1.94. The SMILES string of the molecule is Cc1cncc(C#CC#N)c1. The Morgan fingerprint density at radius 2 is 2.27 bits per heavy atom. The lowest BCUT2D eigenvalue weighted by atomic mass is 10.2. The highest BCUT2D eigenvalue weighted by Gasteiger charge is 1.86. The number of aryl methyl sites for hydroxylation is 1. The Hall–Kier alpha value is -1.80. The van der Waals surface area contributed by atoms with Gasteiger partial charge in [0.1, 0.15) is 0 Å². The summed E-state index contributed by atoms with van der Waals surface area (Å²) in [4.78, 5) is 3.93. The third-order valence-electron chi connectivity index (χ3n) is 1.14. The molecular formula is C9H6N2. The maximum Gasteiger partial charge on any atom is 0.152 e. The van der Waals surface area contributed by atoms with E-state index in [0.717, 1.165) is 11.1 Å². The second-order valence-electron chi connectivity index (χ2n) is 2.11. The molecule has 0 aromatic carbocycles. The van der Waals surface area contributed by atoms with Gasteiger partial charge in [0.05, 0.1) is 0 Å². The molecule has 1 aromatic heterocycles. The average Bonchev–Trinajstić information content (AvgIpc) is 2.01. The number of nitriles is 1. The molecule has 0 saturated heterocycles. The number of pyridine rings is 1. The van der Waals surface area contributed by atoms with Gasteiger partial charge >= 0.3 is 0 Å². The van der Waals surface area contributed by atoms with Crippen molar-refractivity contribution >= 4 is 0 Å². The lowest BCUT2D eigenvalue weighted by Gasteiger charge is -1.89. The van der Waals surface area contributed by atoms with Gasteiger partial charge < -0.3 is 0 Å². The summed E-state index contributed by atoms with van der Waals surface area (Å²) in [7, 11) is 0. The first-order valence-corrected chi connectivity index (χ1v) is 3.14. The number of rotatable bonds is 0. The highest BCUT2D eigenvalue weighted by atomic mass is 14.6. The lowest BCUT2D eigenvalue weighted by Crippen LogP contribution is -1.79. The van der Waals surface area contributed by atoms with E-state index >= 15 is 0 Å². The predicted octanol–water partition coefficient (Wildman–Crippen LogP) is 1.27. The van der Waals surface area contributed by atoms with E-state index < -0.39 is 0 Å². The summed E-state index contributed by atoms with van der Waals surface area (Å²) in [6, 6.07) is 3.63. The molecule has 0 aliphatic carbocycles. The molecule has 0 N–H and O–H groups in total. The molecule has 1 rings (SSSR count). The number of nitrogens with zero attached hydrogens (tertiary/aromatic N) is 2. The van der Waals surface area contributed by atoms with Gasteiger partial charge in [-0.2, -0.15) is 5.26 Å². The van der Waals surface area contributed by atoms with Gasteiger partial charge in [-0.1, -0.05) is 0 Å². The van der Waals surface area contributed by atoms with Crippen molar-refractivity contribution in [3.05, 3.63) is 29.6 Å². The second-order valence-corrected chi connectivity index (χ2v) is 2.11. The van der Waals surface area contributed by atoms with Crippen molar-refractivity contribution in [1.82, 2.24) is 4.98 Å². The van der Waals surface area contributed by atoms with Crippen LogP contribution in [0.4, 0.5) is 0 Å². The molecule has 11 heavy (non-hydrogen) atoms. The fourth-order valence-electron chi connectivity index (χ4n) is 0.723. The summed E-state index contributed by atoms with van der Waals surface area (Å²) < 4.78 is 0. The molecule has 0 saturated carbocycles. The minimum Gasteiger partial charge on any atom is -0.263 e. The first-order chi connectivity index (χ1) is 5.33. The van der Waals surface area contributed by atoms with Crippen molar-refractivity contribution in [1.29, 1.82) is 5.26 Å². The van der Waals surface area contributed by atoms with Gasteiger partial charge in [0.15, 0.2) is 6.07 Å². The summed E-state index contributed by atoms with van der Waals surface area (Å²) >= 11 is 0. The number of hydrogen-bond acceptors (Lipinski definition) is 2. The van der Waals surface area contributed by atoms with E-state index in [1.807, 2.05) is 13.0 Å². The molecule has 2 nitrogen and oxygen atoms in total. The van der Waals surface area contributed by atoms with E-state index in [4.69, 9.17) is 5.26 Å². The molecule has 0 bridgehead atoms. The highest BCUT2D eigenvalue weighted by Crippen LogP contribution is 1.97. The molecule has 0 amide bonds. The third kappa shape index (κ3) is 2.12. The second kappa shape index (κ2) is 3.39. The molecule has 1 heterocycles. The van der Waals surface area contributed by atoms with Crippen molar-refractivity contribution in [3.63, 3.8) is 0 Å². The molecule has 0 atom stereocenters. The van der Waals surface area contributed by atoms with Gasteiger partial charge in [0, 0.05) is 23.9 Å². The molecule has 0 unspecified atom stereocenters. The Balaban J connectivity index is 2.99. The molecular weight excluding hydrogens is 136 g/mol. The van der Waals surface area contributed by atoms with Crippen molar-refractivity contribution in [3.8, 4) is 17.9 Å². The van der Waals surface area contributed by atoms with Gasteiger partial charge in [-0.3, -0.25) is 4.98 Å². The highest BCUT2D eigenvalue weighted by molar-refractivity contribution is 5.37. The molecule has 0 aliphatic rings. The van der Waals surface area contributed by atoms with Gasteiger partial charge in [0.25, 0.3) is 0 Å². The van der Waals surface area contributed by atoms with Crippen molar-refractivity contribution in [2.24, 2.45) is 0 Å². The Labute approximate surface area is 65.5 Å². The Bertz CT molecular complexity index is 350. The maximum absolute atomic E-state index is 8.15. The van der Waals surface area contributed by atoms with Crippen molar-refractivity contribution < 1.29 is 0 Å². The van der Waals surface area contributed by atoms with Crippen LogP contribution in [0, 0.1) is 30.1 Å². The zero-order valence-corrected chi connectivity index (χ0v) is 6.13. The van der Waals surface area contributed by atoms with Crippen molar-refractivity contribution in [2.45, 2.75) is 6.92 Å². The smallest absolute Gasteiger partial charge is 0.152 e. The van der Waals surface area contributed by atoms with Crippen LogP contribution >= 0.6 is 0 Å². The van der Waals surface area contributed by atoms with Crippen LogP contribution in [-0.2, 0) is 0 Å². The first kappa shape index (κ1) is 7.31. The summed E-state index contributed by atoms with van der Waals surface area (Å²) in [5.41, 5.74) is 1.83. The molecule has 2 heteroatoms. The van der Waals surface area contributed by atoms with E-state index in [-0.39, 0.29) is 0 Å². The van der Waals surface area contributed by atoms with E-state index in [2.05, 4.69) is 16.8 Å². The van der Waals surface area contributed by atoms with Crippen LogP contribution in [0.1, 0.15) is 11.1 Å². The first-order valence-electron chi connectivity index (χ1n) is 3.14. The minimum atomic E-state index is 0.784. The standard InChI is InChI=1S/C9H6N2/c1-8-5-9(3-2-4-10)7-11-6-8/h5-7H,1H3. The fraction of sp³-hybridized carbons (Fsp3) is 0.111.